The molecule has 0 aliphatic rings. The highest BCUT2D eigenvalue weighted by Gasteiger charge is 2.18. The molecule has 3 rings (SSSR count). The minimum absolute atomic E-state index is 0.106. The van der Waals surface area contributed by atoms with Gasteiger partial charge in [0.1, 0.15) is 0 Å². The van der Waals surface area contributed by atoms with Crippen LogP contribution in [0.5, 0.6) is 5.75 Å². The summed E-state index contributed by atoms with van der Waals surface area (Å²) in [4.78, 5) is 12.5. The maximum atomic E-state index is 13.8. The quantitative estimate of drug-likeness (QED) is 0.738. The van der Waals surface area contributed by atoms with Crippen LogP contribution in [0.3, 0.4) is 0 Å². The molecule has 3 aromatic rings. The fourth-order valence-electron chi connectivity index (χ4n) is 3.06. The minimum Gasteiger partial charge on any atom is -0.494 e. The Bertz CT molecular complexity index is 981. The van der Waals surface area contributed by atoms with Gasteiger partial charge in [0.05, 0.1) is 25.0 Å². The number of rotatable bonds is 5. The van der Waals surface area contributed by atoms with Crippen LogP contribution in [0.2, 0.25) is 0 Å². The molecule has 6 heteroatoms. The molecule has 5 nitrogen and oxygen atoms in total. The molecule has 1 atom stereocenters. The van der Waals surface area contributed by atoms with Crippen LogP contribution < -0.4 is 10.1 Å². The van der Waals surface area contributed by atoms with Gasteiger partial charge in [0.2, 0.25) is 0 Å². The summed E-state index contributed by atoms with van der Waals surface area (Å²) < 4.78 is 20.6. The van der Waals surface area contributed by atoms with Crippen molar-refractivity contribution in [3.05, 3.63) is 76.9 Å². The Morgan fingerprint density at radius 2 is 1.96 bits per heavy atom. The zero-order valence-corrected chi connectivity index (χ0v) is 15.8. The van der Waals surface area contributed by atoms with Gasteiger partial charge in [-0.15, -0.1) is 0 Å². The van der Waals surface area contributed by atoms with Crippen molar-refractivity contribution >= 4 is 5.91 Å². The summed E-state index contributed by atoms with van der Waals surface area (Å²) in [5, 5.41) is 7.37. The van der Waals surface area contributed by atoms with Crippen LogP contribution in [0.25, 0.3) is 5.69 Å². The zero-order chi connectivity index (χ0) is 19.6. The first-order valence-corrected chi connectivity index (χ1v) is 8.67. The van der Waals surface area contributed by atoms with Gasteiger partial charge in [-0.3, -0.25) is 4.79 Å². The van der Waals surface area contributed by atoms with Gasteiger partial charge in [-0.1, -0.05) is 18.2 Å². The van der Waals surface area contributed by atoms with Crippen molar-refractivity contribution in [1.29, 1.82) is 0 Å². The van der Waals surface area contributed by atoms with E-state index in [0.717, 1.165) is 22.5 Å². The molecule has 0 fully saturated rings. The van der Waals surface area contributed by atoms with Crippen LogP contribution in [0.15, 0.2) is 48.7 Å². The maximum Gasteiger partial charge on any atom is 0.251 e. The van der Waals surface area contributed by atoms with Crippen LogP contribution in [0, 0.1) is 19.7 Å². The molecule has 0 saturated heterocycles. The Balaban J connectivity index is 1.81. The molecule has 0 aliphatic heterocycles. The van der Waals surface area contributed by atoms with Gasteiger partial charge in [0, 0.05) is 16.8 Å². The first-order chi connectivity index (χ1) is 12.9. The Morgan fingerprint density at radius 1 is 1.22 bits per heavy atom. The van der Waals surface area contributed by atoms with Crippen LogP contribution >= 0.6 is 0 Å². The minimum atomic E-state index is -0.568. The molecule has 1 heterocycles. The van der Waals surface area contributed by atoms with E-state index in [-0.39, 0.29) is 23.3 Å². The van der Waals surface area contributed by atoms with E-state index in [1.807, 2.05) is 49.7 Å². The number of aryl methyl sites for hydroxylation is 1. The highest BCUT2D eigenvalue weighted by Crippen LogP contribution is 2.23. The summed E-state index contributed by atoms with van der Waals surface area (Å²) in [5.41, 5.74) is 4.19. The molecule has 2 aromatic carbocycles. The zero-order valence-electron chi connectivity index (χ0n) is 15.8. The molecule has 140 valence electrons. The van der Waals surface area contributed by atoms with Crippen molar-refractivity contribution < 1.29 is 13.9 Å². The van der Waals surface area contributed by atoms with Gasteiger partial charge >= 0.3 is 0 Å². The van der Waals surface area contributed by atoms with E-state index in [1.54, 1.807) is 6.20 Å². The lowest BCUT2D eigenvalue weighted by Gasteiger charge is -2.15. The van der Waals surface area contributed by atoms with Crippen molar-refractivity contribution in [3.8, 4) is 11.4 Å². The second-order valence-electron chi connectivity index (χ2n) is 6.43. The molecule has 0 radical (unpaired) electrons. The number of amides is 1. The van der Waals surface area contributed by atoms with E-state index >= 15 is 0 Å². The second kappa shape index (κ2) is 7.61. The van der Waals surface area contributed by atoms with Crippen LogP contribution in [0.1, 0.15) is 40.1 Å². The number of methoxy groups -OCH3 is 1. The normalized spacial score (nSPS) is 11.9. The van der Waals surface area contributed by atoms with E-state index in [0.29, 0.717) is 0 Å². The standard InChI is InChI=1S/C21H22FN3O2/c1-13-7-5-6-8-19(13)25-15(3)17(12-23-25)14(2)24-21(26)16-9-10-20(27-4)18(22)11-16/h5-12,14H,1-4H3,(H,24,26). The molecule has 0 saturated carbocycles. The molecule has 0 bridgehead atoms. The number of carbonyl (C=O) groups excluding carboxylic acids is 1. The van der Waals surface area contributed by atoms with Crippen molar-refractivity contribution in [2.24, 2.45) is 0 Å². The van der Waals surface area contributed by atoms with Crippen molar-refractivity contribution in [1.82, 2.24) is 15.1 Å². The summed E-state index contributed by atoms with van der Waals surface area (Å²) in [6.45, 7) is 5.87. The van der Waals surface area contributed by atoms with E-state index in [1.165, 1.54) is 25.3 Å². The second-order valence-corrected chi connectivity index (χ2v) is 6.43. The van der Waals surface area contributed by atoms with Gasteiger partial charge < -0.3 is 10.1 Å². The SMILES string of the molecule is COc1ccc(C(=O)NC(C)c2cnn(-c3ccccc3C)c2C)cc1F. The largest absolute Gasteiger partial charge is 0.494 e. The number of benzene rings is 2. The smallest absolute Gasteiger partial charge is 0.251 e. The Morgan fingerprint density at radius 3 is 2.63 bits per heavy atom. The van der Waals surface area contributed by atoms with Gasteiger partial charge in [0.15, 0.2) is 11.6 Å². The number of aromatic nitrogens is 2. The first-order valence-electron chi connectivity index (χ1n) is 8.67. The van der Waals surface area contributed by atoms with Crippen LogP contribution in [-0.2, 0) is 0 Å². The predicted molar refractivity (Wildman–Crippen MR) is 102 cm³/mol. The number of para-hydroxylation sites is 1. The molecular weight excluding hydrogens is 345 g/mol. The summed E-state index contributed by atoms with van der Waals surface area (Å²) in [6.07, 6.45) is 1.75. The molecular formula is C21H22FN3O2. The summed E-state index contributed by atoms with van der Waals surface area (Å²) in [6, 6.07) is 11.8. The van der Waals surface area contributed by atoms with E-state index in [4.69, 9.17) is 4.74 Å². The molecule has 1 amide bonds. The topological polar surface area (TPSA) is 56.1 Å². The van der Waals surface area contributed by atoms with Crippen LogP contribution in [-0.4, -0.2) is 22.8 Å². The Kier molecular flexibility index (Phi) is 5.26. The third-order valence-corrected chi connectivity index (χ3v) is 4.62. The third-order valence-electron chi connectivity index (χ3n) is 4.62. The maximum absolute atomic E-state index is 13.8. The summed E-state index contributed by atoms with van der Waals surface area (Å²) >= 11 is 0. The third kappa shape index (κ3) is 3.69. The Labute approximate surface area is 157 Å². The average Bonchev–Trinajstić information content (AvgIpc) is 3.03. The fraction of sp³-hybridized carbons (Fsp3) is 0.238. The number of halogens is 1. The van der Waals surface area contributed by atoms with E-state index in [9.17, 15) is 9.18 Å². The number of carbonyl (C=O) groups is 1. The molecule has 1 unspecified atom stereocenters. The van der Waals surface area contributed by atoms with Crippen LogP contribution in [0.4, 0.5) is 4.39 Å². The van der Waals surface area contributed by atoms with Crippen molar-refractivity contribution in [2.75, 3.05) is 7.11 Å². The van der Waals surface area contributed by atoms with Crippen molar-refractivity contribution in [2.45, 2.75) is 26.8 Å². The highest BCUT2D eigenvalue weighted by atomic mass is 19.1. The van der Waals surface area contributed by atoms with Gasteiger partial charge in [0.25, 0.3) is 5.91 Å². The van der Waals surface area contributed by atoms with Gasteiger partial charge in [-0.25, -0.2) is 9.07 Å². The molecule has 0 spiro atoms. The lowest BCUT2D eigenvalue weighted by atomic mass is 10.1. The van der Waals surface area contributed by atoms with Gasteiger partial charge in [-0.2, -0.15) is 5.10 Å². The average molecular weight is 367 g/mol. The lowest BCUT2D eigenvalue weighted by molar-refractivity contribution is 0.0939. The number of ether oxygens (including phenoxy) is 1. The number of hydrogen-bond acceptors (Lipinski definition) is 3. The fourth-order valence-corrected chi connectivity index (χ4v) is 3.06. The number of nitrogens with one attached hydrogen (secondary N) is 1. The number of hydrogen-bond donors (Lipinski definition) is 1. The van der Waals surface area contributed by atoms with Gasteiger partial charge in [-0.05, 0) is 50.6 Å². The monoisotopic (exact) mass is 367 g/mol. The molecule has 1 aromatic heterocycles. The summed E-state index contributed by atoms with van der Waals surface area (Å²) in [5.74, 6) is -0.816. The number of nitrogens with zero attached hydrogens (tertiary/aromatic N) is 2. The highest BCUT2D eigenvalue weighted by molar-refractivity contribution is 5.94. The first kappa shape index (κ1) is 18.6. The summed E-state index contributed by atoms with van der Waals surface area (Å²) in [7, 11) is 1.38. The van der Waals surface area contributed by atoms with E-state index < -0.39 is 5.82 Å². The molecule has 1 N–H and O–H groups in total. The molecule has 27 heavy (non-hydrogen) atoms. The Hall–Kier alpha value is -3.15. The van der Waals surface area contributed by atoms with E-state index in [2.05, 4.69) is 10.4 Å². The van der Waals surface area contributed by atoms with Crippen molar-refractivity contribution in [3.63, 3.8) is 0 Å². The lowest BCUT2D eigenvalue weighted by Crippen LogP contribution is -2.27. The predicted octanol–water partition coefficient (Wildman–Crippen LogP) is 4.13. The molecule has 0 aliphatic carbocycles.